The predicted octanol–water partition coefficient (Wildman–Crippen LogP) is 1.92. The number of nitrogens with one attached hydrogen (secondary N) is 1. The lowest BCUT2D eigenvalue weighted by molar-refractivity contribution is 0.0696. The van der Waals surface area contributed by atoms with Gasteiger partial charge in [0, 0.05) is 11.7 Å². The number of aromatic nitrogens is 1. The van der Waals surface area contributed by atoms with Crippen molar-refractivity contribution in [2.45, 2.75) is 32.2 Å². The number of hydrogen-bond donors (Lipinski definition) is 2. The Morgan fingerprint density at radius 2 is 2.33 bits per heavy atom. The van der Waals surface area contributed by atoms with Gasteiger partial charge in [-0.3, -0.25) is 0 Å². The van der Waals surface area contributed by atoms with Gasteiger partial charge in [0.2, 0.25) is 0 Å². The van der Waals surface area contributed by atoms with Crippen LogP contribution in [0.25, 0.3) is 0 Å². The fraction of sp³-hybridized carbons (Fsp3) is 0.455. The van der Waals surface area contributed by atoms with Gasteiger partial charge in [-0.05, 0) is 38.3 Å². The highest BCUT2D eigenvalue weighted by Gasteiger charge is 2.25. The van der Waals surface area contributed by atoms with Crippen molar-refractivity contribution in [2.24, 2.45) is 0 Å². The number of aromatic carboxylic acids is 1. The number of carbonyl (C=O) groups is 1. The van der Waals surface area contributed by atoms with Gasteiger partial charge in [0.1, 0.15) is 5.82 Å². The lowest BCUT2D eigenvalue weighted by Gasteiger charge is -2.32. The van der Waals surface area contributed by atoms with E-state index in [-0.39, 0.29) is 11.1 Å². The maximum absolute atomic E-state index is 10.8. The third-order valence-corrected chi connectivity index (χ3v) is 2.69. The minimum atomic E-state index is -0.921. The number of pyridine rings is 1. The molecule has 0 amide bonds. The largest absolute Gasteiger partial charge is 0.478 e. The van der Waals surface area contributed by atoms with Gasteiger partial charge < -0.3 is 10.4 Å². The van der Waals surface area contributed by atoms with Crippen molar-refractivity contribution in [1.82, 2.24) is 4.98 Å². The molecule has 0 spiro atoms. The van der Waals surface area contributed by atoms with Crippen molar-refractivity contribution in [2.75, 3.05) is 5.32 Å². The van der Waals surface area contributed by atoms with Gasteiger partial charge in [-0.1, -0.05) is 0 Å². The van der Waals surface area contributed by atoms with Crippen molar-refractivity contribution in [3.05, 3.63) is 23.4 Å². The second kappa shape index (κ2) is 3.22. The van der Waals surface area contributed by atoms with E-state index >= 15 is 0 Å². The van der Waals surface area contributed by atoms with E-state index in [4.69, 9.17) is 5.11 Å². The summed E-state index contributed by atoms with van der Waals surface area (Å²) in [5.74, 6) is -0.105. The molecule has 0 bridgehead atoms. The summed E-state index contributed by atoms with van der Waals surface area (Å²) in [6, 6.07) is 1.70. The Kier molecular flexibility index (Phi) is 2.14. The molecule has 1 aliphatic heterocycles. The quantitative estimate of drug-likeness (QED) is 0.736. The standard InChI is InChI=1S/C11H14N2O2/c1-11(2)4-3-7-5-8(10(14)15)6-12-9(7)13-11/h5-6H,3-4H2,1-2H3,(H,12,13)(H,14,15). The first-order chi connectivity index (χ1) is 6.98. The summed E-state index contributed by atoms with van der Waals surface area (Å²) in [6.45, 7) is 4.23. The van der Waals surface area contributed by atoms with Gasteiger partial charge in [-0.2, -0.15) is 0 Å². The van der Waals surface area contributed by atoms with Crippen molar-refractivity contribution < 1.29 is 9.90 Å². The molecule has 1 aromatic rings. The Hall–Kier alpha value is -1.58. The van der Waals surface area contributed by atoms with Gasteiger partial charge in [0.25, 0.3) is 0 Å². The molecule has 4 heteroatoms. The summed E-state index contributed by atoms with van der Waals surface area (Å²) in [4.78, 5) is 14.9. The lowest BCUT2D eigenvalue weighted by Crippen LogP contribution is -2.35. The SMILES string of the molecule is CC1(C)CCc2cc(C(=O)O)cnc2N1. The summed E-state index contributed by atoms with van der Waals surface area (Å²) in [5.41, 5.74) is 1.30. The lowest BCUT2D eigenvalue weighted by atomic mass is 9.91. The van der Waals surface area contributed by atoms with Crippen LogP contribution in [-0.4, -0.2) is 21.6 Å². The zero-order chi connectivity index (χ0) is 11.1. The number of nitrogens with zero attached hydrogens (tertiary/aromatic N) is 1. The van der Waals surface area contributed by atoms with Gasteiger partial charge >= 0.3 is 5.97 Å². The molecule has 0 aliphatic carbocycles. The van der Waals surface area contributed by atoms with Crippen LogP contribution in [0, 0.1) is 0 Å². The summed E-state index contributed by atoms with van der Waals surface area (Å²) < 4.78 is 0. The van der Waals surface area contributed by atoms with Crippen molar-refractivity contribution in [3.63, 3.8) is 0 Å². The molecule has 2 N–H and O–H groups in total. The van der Waals surface area contributed by atoms with Crippen LogP contribution in [0.4, 0.5) is 5.82 Å². The summed E-state index contributed by atoms with van der Waals surface area (Å²) in [5, 5.41) is 12.1. The van der Waals surface area contributed by atoms with E-state index in [0.717, 1.165) is 24.2 Å². The monoisotopic (exact) mass is 206 g/mol. The second-order valence-electron chi connectivity index (χ2n) is 4.55. The van der Waals surface area contributed by atoms with E-state index < -0.39 is 5.97 Å². The Bertz CT molecular complexity index is 413. The predicted molar refractivity (Wildman–Crippen MR) is 57.2 cm³/mol. The number of fused-ring (bicyclic) bond motifs is 1. The third-order valence-electron chi connectivity index (χ3n) is 2.69. The minimum absolute atomic E-state index is 0.0464. The molecule has 0 saturated carbocycles. The smallest absolute Gasteiger partial charge is 0.337 e. The summed E-state index contributed by atoms with van der Waals surface area (Å²) in [6.07, 6.45) is 3.27. The van der Waals surface area contributed by atoms with Crippen LogP contribution in [0.15, 0.2) is 12.3 Å². The number of carboxylic acid groups (broad SMARTS) is 1. The van der Waals surface area contributed by atoms with Gasteiger partial charge in [-0.25, -0.2) is 9.78 Å². The van der Waals surface area contributed by atoms with E-state index in [1.165, 1.54) is 6.20 Å². The minimum Gasteiger partial charge on any atom is -0.478 e. The summed E-state index contributed by atoms with van der Waals surface area (Å²) >= 11 is 0. The first-order valence-corrected chi connectivity index (χ1v) is 4.98. The van der Waals surface area contributed by atoms with E-state index in [0.29, 0.717) is 0 Å². The third kappa shape index (κ3) is 1.93. The molecule has 4 nitrogen and oxygen atoms in total. The highest BCUT2D eigenvalue weighted by atomic mass is 16.4. The van der Waals surface area contributed by atoms with Crippen molar-refractivity contribution in [1.29, 1.82) is 0 Å². The molecule has 0 unspecified atom stereocenters. The van der Waals surface area contributed by atoms with Gasteiger partial charge in [0.15, 0.2) is 0 Å². The fourth-order valence-corrected chi connectivity index (χ4v) is 1.76. The number of hydrogen-bond acceptors (Lipinski definition) is 3. The zero-order valence-electron chi connectivity index (χ0n) is 8.87. The van der Waals surface area contributed by atoms with Crippen LogP contribution in [0.1, 0.15) is 36.2 Å². The van der Waals surface area contributed by atoms with Crippen LogP contribution < -0.4 is 5.32 Å². The number of anilines is 1. The molecule has 1 aliphatic rings. The topological polar surface area (TPSA) is 62.2 Å². The highest BCUT2D eigenvalue weighted by Crippen LogP contribution is 2.28. The molecule has 2 heterocycles. The van der Waals surface area contributed by atoms with E-state index in [1.807, 2.05) is 0 Å². The second-order valence-corrected chi connectivity index (χ2v) is 4.55. The van der Waals surface area contributed by atoms with Crippen molar-refractivity contribution in [3.8, 4) is 0 Å². The molecule has 0 atom stereocenters. The highest BCUT2D eigenvalue weighted by molar-refractivity contribution is 5.87. The Balaban J connectivity index is 2.36. The van der Waals surface area contributed by atoms with Gasteiger partial charge in [-0.15, -0.1) is 0 Å². The Morgan fingerprint density at radius 1 is 1.60 bits per heavy atom. The Morgan fingerprint density at radius 3 is 3.00 bits per heavy atom. The van der Waals surface area contributed by atoms with Crippen molar-refractivity contribution >= 4 is 11.8 Å². The van der Waals surface area contributed by atoms with E-state index in [1.54, 1.807) is 6.07 Å². The molecule has 15 heavy (non-hydrogen) atoms. The Labute approximate surface area is 88.3 Å². The first kappa shape index (κ1) is 9.96. The molecule has 0 saturated heterocycles. The molecular formula is C11H14N2O2. The molecule has 80 valence electrons. The number of carboxylic acids is 1. The molecule has 2 rings (SSSR count). The average Bonchev–Trinajstić information content (AvgIpc) is 2.15. The van der Waals surface area contributed by atoms with Gasteiger partial charge in [0.05, 0.1) is 5.56 Å². The molecule has 0 radical (unpaired) electrons. The average molecular weight is 206 g/mol. The normalized spacial score (nSPS) is 17.7. The van der Waals surface area contributed by atoms with Crippen LogP contribution in [0.3, 0.4) is 0 Å². The molecule has 0 fully saturated rings. The zero-order valence-corrected chi connectivity index (χ0v) is 8.87. The fourth-order valence-electron chi connectivity index (χ4n) is 1.76. The number of aryl methyl sites for hydroxylation is 1. The van der Waals surface area contributed by atoms with Crippen LogP contribution in [0.2, 0.25) is 0 Å². The number of rotatable bonds is 1. The molecular weight excluding hydrogens is 192 g/mol. The van der Waals surface area contributed by atoms with Crippen LogP contribution >= 0.6 is 0 Å². The maximum atomic E-state index is 10.8. The van der Waals surface area contributed by atoms with E-state index in [2.05, 4.69) is 24.1 Å². The maximum Gasteiger partial charge on any atom is 0.337 e. The van der Waals surface area contributed by atoms with Crippen LogP contribution in [0.5, 0.6) is 0 Å². The molecule has 0 aromatic carbocycles. The van der Waals surface area contributed by atoms with Crippen LogP contribution in [-0.2, 0) is 6.42 Å². The first-order valence-electron chi connectivity index (χ1n) is 4.98. The summed E-state index contributed by atoms with van der Waals surface area (Å²) in [7, 11) is 0. The molecule has 1 aromatic heterocycles. The van der Waals surface area contributed by atoms with E-state index in [9.17, 15) is 4.79 Å².